The van der Waals surface area contributed by atoms with Gasteiger partial charge >= 0.3 is 0 Å². The van der Waals surface area contributed by atoms with Crippen molar-refractivity contribution in [3.8, 4) is 0 Å². The molecule has 1 saturated carbocycles. The average Bonchev–Trinajstić information content (AvgIpc) is 3.17. The second-order valence-corrected chi connectivity index (χ2v) is 6.59. The van der Waals surface area contributed by atoms with Gasteiger partial charge in [-0.05, 0) is 58.6 Å². The molecule has 3 nitrogen and oxygen atoms in total. The molecule has 1 aliphatic rings. The van der Waals surface area contributed by atoms with Gasteiger partial charge in [0, 0.05) is 37.1 Å². The lowest BCUT2D eigenvalue weighted by molar-refractivity contribution is 0.421. The Kier molecular flexibility index (Phi) is 4.46. The van der Waals surface area contributed by atoms with Gasteiger partial charge in [0.1, 0.15) is 0 Å². The summed E-state index contributed by atoms with van der Waals surface area (Å²) in [4.78, 5) is 6.94. The summed E-state index contributed by atoms with van der Waals surface area (Å²) in [6.45, 7) is 11.9. The van der Waals surface area contributed by atoms with Crippen LogP contribution in [-0.4, -0.2) is 23.6 Å². The Hall–Kier alpha value is -1.09. The van der Waals surface area contributed by atoms with Gasteiger partial charge in [0.25, 0.3) is 0 Å². The highest BCUT2D eigenvalue weighted by molar-refractivity contribution is 5.46. The quantitative estimate of drug-likeness (QED) is 0.852. The predicted molar refractivity (Wildman–Crippen MR) is 81.4 cm³/mol. The molecule has 0 bridgehead atoms. The van der Waals surface area contributed by atoms with E-state index in [1.807, 2.05) is 6.20 Å². The zero-order chi connectivity index (χ0) is 13.9. The number of anilines is 1. The molecule has 1 heterocycles. The van der Waals surface area contributed by atoms with E-state index in [2.05, 4.69) is 55.0 Å². The van der Waals surface area contributed by atoms with Crippen LogP contribution in [0.2, 0.25) is 0 Å². The molecule has 1 aromatic rings. The molecule has 0 spiro atoms. The first-order valence-electron chi connectivity index (χ1n) is 7.43. The minimum absolute atomic E-state index is 0.135. The largest absolute Gasteiger partial charge is 0.371 e. The minimum atomic E-state index is 0.135. The number of rotatable bonds is 6. The van der Waals surface area contributed by atoms with E-state index in [0.717, 1.165) is 24.7 Å². The normalized spacial score (nSPS) is 15.6. The number of nitrogens with one attached hydrogen (secondary N) is 1. The second kappa shape index (κ2) is 5.91. The predicted octanol–water partition coefficient (Wildman–Crippen LogP) is 3.21. The monoisotopic (exact) mass is 261 g/mol. The number of hydrogen-bond acceptors (Lipinski definition) is 3. The van der Waals surface area contributed by atoms with Gasteiger partial charge in [0.15, 0.2) is 0 Å². The van der Waals surface area contributed by atoms with E-state index < -0.39 is 0 Å². The van der Waals surface area contributed by atoms with Crippen molar-refractivity contribution in [1.29, 1.82) is 0 Å². The van der Waals surface area contributed by atoms with E-state index in [-0.39, 0.29) is 5.54 Å². The topological polar surface area (TPSA) is 28.2 Å². The van der Waals surface area contributed by atoms with E-state index in [0.29, 0.717) is 0 Å². The van der Waals surface area contributed by atoms with Crippen LogP contribution < -0.4 is 10.2 Å². The van der Waals surface area contributed by atoms with Crippen molar-refractivity contribution >= 4 is 5.69 Å². The SMILES string of the molecule is CCN(CC1CC1)c1ccnc(CNC(C)(C)C)c1. The van der Waals surface area contributed by atoms with Gasteiger partial charge in [0.05, 0.1) is 5.69 Å². The molecule has 19 heavy (non-hydrogen) atoms. The highest BCUT2D eigenvalue weighted by Gasteiger charge is 2.24. The first-order valence-corrected chi connectivity index (χ1v) is 7.43. The summed E-state index contributed by atoms with van der Waals surface area (Å²) in [5.74, 6) is 0.921. The van der Waals surface area contributed by atoms with Crippen molar-refractivity contribution in [3.63, 3.8) is 0 Å². The van der Waals surface area contributed by atoms with E-state index >= 15 is 0 Å². The van der Waals surface area contributed by atoms with Gasteiger partial charge in [-0.2, -0.15) is 0 Å². The molecule has 0 aliphatic heterocycles. The van der Waals surface area contributed by atoms with Gasteiger partial charge in [-0.3, -0.25) is 4.98 Å². The summed E-state index contributed by atoms with van der Waals surface area (Å²) in [5, 5.41) is 3.49. The van der Waals surface area contributed by atoms with Crippen LogP contribution in [0.1, 0.15) is 46.2 Å². The Morgan fingerprint density at radius 3 is 2.68 bits per heavy atom. The Morgan fingerprint density at radius 2 is 2.11 bits per heavy atom. The Balaban J connectivity index is 2.00. The maximum Gasteiger partial charge on any atom is 0.0562 e. The molecule has 0 unspecified atom stereocenters. The lowest BCUT2D eigenvalue weighted by atomic mass is 10.1. The van der Waals surface area contributed by atoms with Crippen molar-refractivity contribution in [1.82, 2.24) is 10.3 Å². The van der Waals surface area contributed by atoms with Gasteiger partial charge in [-0.25, -0.2) is 0 Å². The van der Waals surface area contributed by atoms with Gasteiger partial charge < -0.3 is 10.2 Å². The summed E-state index contributed by atoms with van der Waals surface area (Å²) in [5.41, 5.74) is 2.58. The third kappa shape index (κ3) is 4.83. The van der Waals surface area contributed by atoms with Gasteiger partial charge in [0.2, 0.25) is 0 Å². The molecule has 0 saturated heterocycles. The molecule has 3 heteroatoms. The number of pyridine rings is 1. The fraction of sp³-hybridized carbons (Fsp3) is 0.688. The summed E-state index contributed by atoms with van der Waals surface area (Å²) in [6, 6.07) is 4.36. The van der Waals surface area contributed by atoms with E-state index in [1.54, 1.807) is 0 Å². The molecule has 1 fully saturated rings. The molecule has 0 radical (unpaired) electrons. The smallest absolute Gasteiger partial charge is 0.0562 e. The van der Waals surface area contributed by atoms with Crippen LogP contribution in [0.15, 0.2) is 18.3 Å². The van der Waals surface area contributed by atoms with Crippen LogP contribution in [-0.2, 0) is 6.54 Å². The molecule has 1 N–H and O–H groups in total. The zero-order valence-corrected chi connectivity index (χ0v) is 12.7. The third-order valence-corrected chi connectivity index (χ3v) is 3.52. The number of aromatic nitrogens is 1. The lowest BCUT2D eigenvalue weighted by Crippen LogP contribution is -2.35. The molecular weight excluding hydrogens is 234 g/mol. The fourth-order valence-corrected chi connectivity index (χ4v) is 2.14. The maximum absolute atomic E-state index is 4.46. The van der Waals surface area contributed by atoms with Crippen LogP contribution >= 0.6 is 0 Å². The van der Waals surface area contributed by atoms with E-state index in [4.69, 9.17) is 0 Å². The summed E-state index contributed by atoms with van der Waals surface area (Å²) in [6.07, 6.45) is 4.74. The molecule has 2 rings (SSSR count). The van der Waals surface area contributed by atoms with Crippen molar-refractivity contribution in [2.45, 2.75) is 52.6 Å². The Bertz CT molecular complexity index is 405. The number of nitrogens with zero attached hydrogens (tertiary/aromatic N) is 2. The van der Waals surface area contributed by atoms with E-state index in [1.165, 1.54) is 25.1 Å². The van der Waals surface area contributed by atoms with Crippen molar-refractivity contribution in [2.24, 2.45) is 5.92 Å². The standard InChI is InChI=1S/C16H27N3/c1-5-19(12-13-6-7-13)15-8-9-17-14(10-15)11-18-16(2,3)4/h8-10,13,18H,5-7,11-12H2,1-4H3. The average molecular weight is 261 g/mol. The second-order valence-electron chi connectivity index (χ2n) is 6.59. The van der Waals surface area contributed by atoms with Gasteiger partial charge in [-0.15, -0.1) is 0 Å². The minimum Gasteiger partial charge on any atom is -0.371 e. The Labute approximate surface area is 117 Å². The highest BCUT2D eigenvalue weighted by Crippen LogP contribution is 2.31. The summed E-state index contributed by atoms with van der Waals surface area (Å²) < 4.78 is 0. The maximum atomic E-state index is 4.46. The van der Waals surface area contributed by atoms with Crippen molar-refractivity contribution in [3.05, 3.63) is 24.0 Å². The Morgan fingerprint density at radius 1 is 1.37 bits per heavy atom. The zero-order valence-electron chi connectivity index (χ0n) is 12.7. The van der Waals surface area contributed by atoms with Crippen LogP contribution in [0.25, 0.3) is 0 Å². The molecule has 1 aliphatic carbocycles. The van der Waals surface area contributed by atoms with Crippen LogP contribution in [0, 0.1) is 5.92 Å². The summed E-state index contributed by atoms with van der Waals surface area (Å²) >= 11 is 0. The summed E-state index contributed by atoms with van der Waals surface area (Å²) in [7, 11) is 0. The molecule has 0 atom stereocenters. The van der Waals surface area contributed by atoms with E-state index in [9.17, 15) is 0 Å². The molecule has 1 aromatic heterocycles. The highest BCUT2D eigenvalue weighted by atomic mass is 15.1. The van der Waals surface area contributed by atoms with Crippen LogP contribution in [0.3, 0.4) is 0 Å². The number of hydrogen-bond donors (Lipinski definition) is 1. The van der Waals surface area contributed by atoms with Crippen molar-refractivity contribution < 1.29 is 0 Å². The molecule has 0 aromatic carbocycles. The first kappa shape index (κ1) is 14.3. The molecule has 106 valence electrons. The fourth-order valence-electron chi connectivity index (χ4n) is 2.14. The van der Waals surface area contributed by atoms with Crippen molar-refractivity contribution in [2.75, 3.05) is 18.0 Å². The van der Waals surface area contributed by atoms with Crippen LogP contribution in [0.4, 0.5) is 5.69 Å². The van der Waals surface area contributed by atoms with Crippen LogP contribution in [0.5, 0.6) is 0 Å². The molecular formula is C16H27N3. The third-order valence-electron chi connectivity index (χ3n) is 3.52. The molecule has 0 amide bonds. The lowest BCUT2D eigenvalue weighted by Gasteiger charge is -2.24. The van der Waals surface area contributed by atoms with Gasteiger partial charge in [-0.1, -0.05) is 0 Å². The first-order chi connectivity index (χ1) is 8.98.